The Morgan fingerprint density at radius 1 is 1.50 bits per heavy atom. The molecule has 3 N–H and O–H groups in total. The van der Waals surface area contributed by atoms with E-state index in [1.807, 2.05) is 0 Å². The number of aromatic nitrogens is 3. The molecular formula is C10H12N4O4S2. The molecule has 0 spiro atoms. The van der Waals surface area contributed by atoms with E-state index in [4.69, 9.17) is 5.11 Å². The molecule has 0 unspecified atom stereocenters. The summed E-state index contributed by atoms with van der Waals surface area (Å²) >= 11 is 1.15. The van der Waals surface area contributed by atoms with Crippen LogP contribution in [0.25, 0.3) is 0 Å². The van der Waals surface area contributed by atoms with Gasteiger partial charge in [0.15, 0.2) is 5.13 Å². The number of thiazole rings is 1. The molecule has 2 heterocycles. The number of aryl methyl sites for hydroxylation is 1. The second-order valence-corrected chi connectivity index (χ2v) is 6.47. The van der Waals surface area contributed by atoms with Crippen LogP contribution in [0.4, 0.5) is 5.13 Å². The zero-order valence-corrected chi connectivity index (χ0v) is 11.9. The summed E-state index contributed by atoms with van der Waals surface area (Å²) in [5.74, 6) is -0.860. The van der Waals surface area contributed by atoms with Crippen LogP contribution in [0.5, 0.6) is 0 Å². The van der Waals surface area contributed by atoms with Crippen LogP contribution >= 0.6 is 11.3 Å². The Morgan fingerprint density at radius 3 is 2.95 bits per heavy atom. The maximum atomic E-state index is 11.9. The van der Waals surface area contributed by atoms with Gasteiger partial charge >= 0.3 is 5.97 Å². The number of sulfonamides is 1. The molecule has 2 aromatic heterocycles. The number of carbonyl (C=O) groups is 1. The minimum atomic E-state index is -3.68. The van der Waals surface area contributed by atoms with Gasteiger partial charge in [0.1, 0.15) is 4.90 Å². The fourth-order valence-electron chi connectivity index (χ4n) is 1.45. The highest BCUT2D eigenvalue weighted by Crippen LogP contribution is 2.20. The first-order valence-electron chi connectivity index (χ1n) is 5.65. The number of nitrogens with zero attached hydrogens (tertiary/aromatic N) is 2. The van der Waals surface area contributed by atoms with Crippen LogP contribution in [-0.2, 0) is 21.2 Å². The molecule has 20 heavy (non-hydrogen) atoms. The number of carboxylic acid groups (broad SMARTS) is 1. The lowest BCUT2D eigenvalue weighted by Crippen LogP contribution is -2.12. The maximum Gasteiger partial charge on any atom is 0.303 e. The van der Waals surface area contributed by atoms with Gasteiger partial charge in [-0.05, 0) is 12.8 Å². The van der Waals surface area contributed by atoms with Crippen LogP contribution in [0.3, 0.4) is 0 Å². The number of carboxylic acids is 1. The summed E-state index contributed by atoms with van der Waals surface area (Å²) in [7, 11) is -3.68. The van der Waals surface area contributed by atoms with E-state index in [9.17, 15) is 13.2 Å². The number of aromatic amines is 1. The van der Waals surface area contributed by atoms with Gasteiger partial charge in [-0.1, -0.05) is 0 Å². The summed E-state index contributed by atoms with van der Waals surface area (Å²) in [4.78, 5) is 14.5. The second-order valence-electron chi connectivity index (χ2n) is 3.93. The maximum absolute atomic E-state index is 11.9. The predicted octanol–water partition coefficient (Wildman–Crippen LogP) is 1.07. The van der Waals surface area contributed by atoms with Crippen molar-refractivity contribution in [2.45, 2.75) is 24.2 Å². The number of rotatable bonds is 7. The quantitative estimate of drug-likeness (QED) is 0.701. The number of anilines is 1. The highest BCUT2D eigenvalue weighted by atomic mass is 32.2. The molecule has 0 aliphatic heterocycles. The first-order valence-corrected chi connectivity index (χ1v) is 8.01. The molecular weight excluding hydrogens is 304 g/mol. The van der Waals surface area contributed by atoms with Crippen LogP contribution in [0.2, 0.25) is 0 Å². The normalized spacial score (nSPS) is 11.4. The summed E-state index contributed by atoms with van der Waals surface area (Å²) in [6, 6.07) is 0. The van der Waals surface area contributed by atoms with Crippen molar-refractivity contribution < 1.29 is 18.3 Å². The van der Waals surface area contributed by atoms with Crippen LogP contribution in [-0.4, -0.2) is 34.7 Å². The first kappa shape index (κ1) is 14.5. The Kier molecular flexibility index (Phi) is 4.35. The standard InChI is InChI=1S/C10H12N4O4S2/c15-9(16)3-1-2-7-6-19-10(13-7)14-20(17,18)8-4-11-12-5-8/h4-6H,1-3H2,(H,11,12)(H,13,14)(H,15,16). The van der Waals surface area contributed by atoms with Gasteiger partial charge in [-0.25, -0.2) is 13.4 Å². The highest BCUT2D eigenvalue weighted by Gasteiger charge is 2.17. The predicted molar refractivity (Wildman–Crippen MR) is 72.1 cm³/mol. The van der Waals surface area contributed by atoms with Crippen molar-refractivity contribution in [3.05, 3.63) is 23.5 Å². The number of hydrogen-bond donors (Lipinski definition) is 3. The Bertz CT molecular complexity index is 678. The van der Waals surface area contributed by atoms with Gasteiger partial charge in [0.25, 0.3) is 10.0 Å². The molecule has 0 radical (unpaired) electrons. The number of aliphatic carboxylic acids is 1. The van der Waals surface area contributed by atoms with Crippen molar-refractivity contribution in [3.8, 4) is 0 Å². The minimum absolute atomic E-state index is 0.0279. The molecule has 0 saturated carbocycles. The second kappa shape index (κ2) is 6.01. The zero-order valence-electron chi connectivity index (χ0n) is 10.2. The average Bonchev–Trinajstić information content (AvgIpc) is 2.99. The largest absolute Gasteiger partial charge is 0.481 e. The van der Waals surface area contributed by atoms with E-state index in [1.165, 1.54) is 12.4 Å². The fraction of sp³-hybridized carbons (Fsp3) is 0.300. The molecule has 0 bridgehead atoms. The van der Waals surface area contributed by atoms with E-state index >= 15 is 0 Å². The third kappa shape index (κ3) is 3.78. The summed E-state index contributed by atoms with van der Waals surface area (Å²) in [5.41, 5.74) is 0.668. The Hall–Kier alpha value is -1.94. The van der Waals surface area contributed by atoms with Gasteiger partial charge in [0.2, 0.25) is 0 Å². The lowest BCUT2D eigenvalue weighted by molar-refractivity contribution is -0.137. The molecule has 0 fully saturated rings. The first-order chi connectivity index (χ1) is 9.47. The van der Waals surface area contributed by atoms with Crippen LogP contribution < -0.4 is 4.72 Å². The molecule has 0 amide bonds. The molecule has 0 saturated heterocycles. The van der Waals surface area contributed by atoms with Gasteiger partial charge < -0.3 is 5.11 Å². The van der Waals surface area contributed by atoms with Crippen molar-refractivity contribution in [1.29, 1.82) is 0 Å². The number of H-pyrrole nitrogens is 1. The number of hydrogen-bond acceptors (Lipinski definition) is 6. The molecule has 2 rings (SSSR count). The Balaban J connectivity index is 1.98. The van der Waals surface area contributed by atoms with Gasteiger partial charge in [0, 0.05) is 18.0 Å². The van der Waals surface area contributed by atoms with E-state index in [2.05, 4.69) is 19.9 Å². The molecule has 8 nitrogen and oxygen atoms in total. The third-order valence-electron chi connectivity index (χ3n) is 2.38. The molecule has 2 aromatic rings. The van der Waals surface area contributed by atoms with E-state index in [0.717, 1.165) is 11.3 Å². The van der Waals surface area contributed by atoms with Gasteiger partial charge in [-0.3, -0.25) is 14.6 Å². The average molecular weight is 316 g/mol. The zero-order chi connectivity index (χ0) is 14.6. The lowest BCUT2D eigenvalue weighted by Gasteiger charge is -2.01. The molecule has 0 aliphatic carbocycles. The SMILES string of the molecule is O=C(O)CCCc1csc(NS(=O)(=O)c2cn[nH]c2)n1. The molecule has 0 atom stereocenters. The Morgan fingerprint density at radius 2 is 2.30 bits per heavy atom. The van der Waals surface area contributed by atoms with Crippen molar-refractivity contribution in [1.82, 2.24) is 15.2 Å². The van der Waals surface area contributed by atoms with Gasteiger partial charge in [-0.2, -0.15) is 5.10 Å². The summed E-state index contributed by atoms with van der Waals surface area (Å²) in [6.45, 7) is 0. The van der Waals surface area contributed by atoms with E-state index in [1.54, 1.807) is 5.38 Å². The topological polar surface area (TPSA) is 125 Å². The Labute approximate surface area is 118 Å². The lowest BCUT2D eigenvalue weighted by atomic mass is 10.2. The number of nitrogens with one attached hydrogen (secondary N) is 2. The van der Waals surface area contributed by atoms with Crippen LogP contribution in [0.1, 0.15) is 18.5 Å². The van der Waals surface area contributed by atoms with E-state index in [-0.39, 0.29) is 16.4 Å². The van der Waals surface area contributed by atoms with Crippen LogP contribution in [0, 0.1) is 0 Å². The summed E-state index contributed by atoms with van der Waals surface area (Å²) in [5, 5.41) is 16.5. The minimum Gasteiger partial charge on any atom is -0.481 e. The van der Waals surface area contributed by atoms with Crippen molar-refractivity contribution in [2.24, 2.45) is 0 Å². The highest BCUT2D eigenvalue weighted by molar-refractivity contribution is 7.93. The van der Waals surface area contributed by atoms with Crippen molar-refractivity contribution >= 4 is 32.5 Å². The molecule has 10 heteroatoms. The van der Waals surface area contributed by atoms with Crippen molar-refractivity contribution in [2.75, 3.05) is 4.72 Å². The summed E-state index contributed by atoms with van der Waals surface area (Å²) in [6.07, 6.45) is 3.49. The van der Waals surface area contributed by atoms with Crippen molar-refractivity contribution in [3.63, 3.8) is 0 Å². The molecule has 108 valence electrons. The molecule has 0 aromatic carbocycles. The van der Waals surface area contributed by atoms with E-state index < -0.39 is 16.0 Å². The smallest absolute Gasteiger partial charge is 0.303 e. The third-order valence-corrected chi connectivity index (χ3v) is 4.62. The van der Waals surface area contributed by atoms with Gasteiger partial charge in [0.05, 0.1) is 11.9 Å². The molecule has 0 aliphatic rings. The van der Waals surface area contributed by atoms with Crippen LogP contribution in [0.15, 0.2) is 22.7 Å². The summed E-state index contributed by atoms with van der Waals surface area (Å²) < 4.78 is 26.1. The fourth-order valence-corrected chi connectivity index (χ4v) is 3.35. The van der Waals surface area contributed by atoms with Gasteiger partial charge in [-0.15, -0.1) is 11.3 Å². The monoisotopic (exact) mass is 316 g/mol. The van der Waals surface area contributed by atoms with E-state index in [0.29, 0.717) is 18.5 Å².